The minimum absolute atomic E-state index is 0.159. The zero-order valence-electron chi connectivity index (χ0n) is 14.9. The van der Waals surface area contributed by atoms with Crippen LogP contribution in [0.25, 0.3) is 0 Å². The van der Waals surface area contributed by atoms with Crippen LogP contribution in [0, 0.1) is 11.3 Å². The van der Waals surface area contributed by atoms with E-state index in [1.807, 2.05) is 12.1 Å². The molecule has 6 nitrogen and oxygen atoms in total. The van der Waals surface area contributed by atoms with Crippen LogP contribution in [0.4, 0.5) is 5.69 Å². The quantitative estimate of drug-likeness (QED) is 0.896. The minimum Gasteiger partial charge on any atom is -0.493 e. The van der Waals surface area contributed by atoms with E-state index in [0.717, 1.165) is 19.5 Å². The molecule has 0 aromatic heterocycles. The van der Waals surface area contributed by atoms with E-state index in [-0.39, 0.29) is 12.5 Å². The van der Waals surface area contributed by atoms with Crippen molar-refractivity contribution in [3.8, 4) is 17.6 Å². The highest BCUT2D eigenvalue weighted by Crippen LogP contribution is 2.33. The first kappa shape index (κ1) is 17.8. The molecular weight excluding hydrogens is 330 g/mol. The second-order valence-corrected chi connectivity index (χ2v) is 6.14. The maximum atomic E-state index is 12.5. The van der Waals surface area contributed by atoms with Gasteiger partial charge in [0.15, 0.2) is 11.5 Å². The van der Waals surface area contributed by atoms with Crippen molar-refractivity contribution in [2.45, 2.75) is 13.0 Å². The molecule has 1 aliphatic rings. The molecule has 0 saturated heterocycles. The average molecular weight is 351 g/mol. The van der Waals surface area contributed by atoms with Crippen LogP contribution in [0.5, 0.6) is 11.5 Å². The summed E-state index contributed by atoms with van der Waals surface area (Å²) in [6, 6.07) is 13.5. The van der Waals surface area contributed by atoms with Gasteiger partial charge < -0.3 is 14.8 Å². The molecular formula is C20H21N3O3. The van der Waals surface area contributed by atoms with Crippen LogP contribution in [0.1, 0.15) is 16.7 Å². The van der Waals surface area contributed by atoms with Crippen molar-refractivity contribution in [2.75, 3.05) is 32.6 Å². The lowest BCUT2D eigenvalue weighted by atomic mass is 10.00. The number of rotatable bonds is 5. The fourth-order valence-electron chi connectivity index (χ4n) is 3.16. The Morgan fingerprint density at radius 3 is 2.58 bits per heavy atom. The maximum Gasteiger partial charge on any atom is 0.238 e. The Labute approximate surface area is 152 Å². The smallest absolute Gasteiger partial charge is 0.238 e. The van der Waals surface area contributed by atoms with Crippen molar-refractivity contribution < 1.29 is 14.3 Å². The van der Waals surface area contributed by atoms with Gasteiger partial charge in [0.05, 0.1) is 32.0 Å². The lowest BCUT2D eigenvalue weighted by molar-refractivity contribution is -0.117. The fourth-order valence-corrected chi connectivity index (χ4v) is 3.16. The molecule has 1 amide bonds. The molecule has 0 radical (unpaired) electrons. The molecule has 0 atom stereocenters. The molecule has 1 heterocycles. The van der Waals surface area contributed by atoms with Crippen molar-refractivity contribution in [1.82, 2.24) is 4.90 Å². The van der Waals surface area contributed by atoms with Crippen molar-refractivity contribution in [3.05, 3.63) is 53.1 Å². The third-order valence-corrected chi connectivity index (χ3v) is 4.50. The average Bonchev–Trinajstić information content (AvgIpc) is 2.67. The summed E-state index contributed by atoms with van der Waals surface area (Å²) in [5.74, 6) is 0.761. The fraction of sp³-hybridized carbons (Fsp3) is 0.300. The maximum absolute atomic E-state index is 12.5. The van der Waals surface area contributed by atoms with E-state index >= 15 is 0 Å². The van der Waals surface area contributed by atoms with Crippen LogP contribution in [-0.2, 0) is 17.8 Å². The van der Waals surface area contributed by atoms with Gasteiger partial charge in [0, 0.05) is 25.2 Å². The van der Waals surface area contributed by atoms with E-state index in [2.05, 4.69) is 28.4 Å². The summed E-state index contributed by atoms with van der Waals surface area (Å²) < 4.78 is 10.4. The molecule has 2 aromatic carbocycles. The van der Waals surface area contributed by atoms with Gasteiger partial charge in [-0.2, -0.15) is 5.26 Å². The van der Waals surface area contributed by atoms with Crippen molar-refractivity contribution in [1.29, 1.82) is 5.26 Å². The number of amides is 1. The highest BCUT2D eigenvalue weighted by molar-refractivity contribution is 5.94. The third-order valence-electron chi connectivity index (χ3n) is 4.50. The van der Waals surface area contributed by atoms with Crippen LogP contribution < -0.4 is 14.8 Å². The lowest BCUT2D eigenvalue weighted by Crippen LogP contribution is -2.37. The number of nitrogens with one attached hydrogen (secondary N) is 1. The summed E-state index contributed by atoms with van der Waals surface area (Å²) in [6.45, 7) is 1.86. The number of carbonyl (C=O) groups is 1. The molecule has 1 N–H and O–H groups in total. The summed E-state index contributed by atoms with van der Waals surface area (Å²) in [7, 11) is 3.02. The number of fused-ring (bicyclic) bond motifs is 1. The number of methoxy groups -OCH3 is 2. The monoisotopic (exact) mass is 351 g/mol. The number of hydrogen-bond donors (Lipinski definition) is 1. The molecule has 0 unspecified atom stereocenters. The topological polar surface area (TPSA) is 74.6 Å². The summed E-state index contributed by atoms with van der Waals surface area (Å²) in [4.78, 5) is 14.6. The van der Waals surface area contributed by atoms with Gasteiger partial charge in [0.2, 0.25) is 5.91 Å². The highest BCUT2D eigenvalue weighted by Gasteiger charge is 2.19. The first-order valence-corrected chi connectivity index (χ1v) is 8.39. The zero-order valence-corrected chi connectivity index (χ0v) is 14.9. The Hall–Kier alpha value is -3.04. The Kier molecular flexibility index (Phi) is 5.40. The molecule has 0 fully saturated rings. The van der Waals surface area contributed by atoms with Crippen LogP contribution in [0.2, 0.25) is 0 Å². The Bertz CT molecular complexity index is 858. The molecule has 0 aliphatic carbocycles. The Balaban J connectivity index is 1.70. The van der Waals surface area contributed by atoms with Gasteiger partial charge in [0.25, 0.3) is 0 Å². The second kappa shape index (κ2) is 7.89. The number of hydrogen-bond acceptors (Lipinski definition) is 5. The van der Waals surface area contributed by atoms with Crippen molar-refractivity contribution >= 4 is 11.6 Å². The van der Waals surface area contributed by atoms with Crippen LogP contribution >= 0.6 is 0 Å². The lowest BCUT2D eigenvalue weighted by Gasteiger charge is -2.28. The van der Waals surface area contributed by atoms with Gasteiger partial charge in [-0.25, -0.2) is 0 Å². The Morgan fingerprint density at radius 1 is 1.19 bits per heavy atom. The van der Waals surface area contributed by atoms with Crippen LogP contribution in [-0.4, -0.2) is 38.1 Å². The number of ether oxygens (including phenoxy) is 2. The predicted molar refractivity (Wildman–Crippen MR) is 98.3 cm³/mol. The molecule has 26 heavy (non-hydrogen) atoms. The number of anilines is 1. The van der Waals surface area contributed by atoms with Gasteiger partial charge in [0.1, 0.15) is 6.07 Å². The minimum atomic E-state index is -0.159. The van der Waals surface area contributed by atoms with Gasteiger partial charge in [-0.15, -0.1) is 0 Å². The summed E-state index contributed by atoms with van der Waals surface area (Å²) in [5.41, 5.74) is 3.36. The largest absolute Gasteiger partial charge is 0.493 e. The number of carbonyl (C=O) groups excluding carboxylic acids is 1. The van der Waals surface area contributed by atoms with E-state index < -0.39 is 0 Å². The van der Waals surface area contributed by atoms with Crippen molar-refractivity contribution in [3.63, 3.8) is 0 Å². The molecule has 134 valence electrons. The molecule has 1 aliphatic heterocycles. The van der Waals surface area contributed by atoms with Gasteiger partial charge >= 0.3 is 0 Å². The van der Waals surface area contributed by atoms with Crippen LogP contribution in [0.3, 0.4) is 0 Å². The number of benzene rings is 2. The molecule has 6 heteroatoms. The molecule has 3 rings (SSSR count). The number of nitriles is 1. The van der Waals surface area contributed by atoms with Crippen molar-refractivity contribution in [2.24, 2.45) is 0 Å². The van der Waals surface area contributed by atoms with Crippen LogP contribution in [0.15, 0.2) is 36.4 Å². The first-order chi connectivity index (χ1) is 12.6. The van der Waals surface area contributed by atoms with E-state index in [1.165, 1.54) is 25.3 Å². The predicted octanol–water partition coefficient (Wildman–Crippen LogP) is 2.57. The Morgan fingerprint density at radius 2 is 1.88 bits per heavy atom. The second-order valence-electron chi connectivity index (χ2n) is 6.14. The van der Waals surface area contributed by atoms with E-state index in [9.17, 15) is 10.1 Å². The van der Waals surface area contributed by atoms with Gasteiger partial charge in [-0.05, 0) is 17.5 Å². The molecule has 0 bridgehead atoms. The first-order valence-electron chi connectivity index (χ1n) is 8.39. The highest BCUT2D eigenvalue weighted by atomic mass is 16.5. The molecule has 2 aromatic rings. The SMILES string of the molecule is COc1cc(C#N)c(NC(=O)CN2CCc3ccccc3C2)cc1OC. The van der Waals surface area contributed by atoms with E-state index in [0.29, 0.717) is 22.7 Å². The van der Waals surface area contributed by atoms with Gasteiger partial charge in [-0.1, -0.05) is 24.3 Å². The summed E-state index contributed by atoms with van der Waals surface area (Å²) in [6.07, 6.45) is 0.934. The van der Waals surface area contributed by atoms with Gasteiger partial charge in [-0.3, -0.25) is 9.69 Å². The normalized spacial score (nSPS) is 13.4. The van der Waals surface area contributed by atoms with E-state index in [4.69, 9.17) is 9.47 Å². The standard InChI is InChI=1S/C20H21N3O3/c1-25-18-9-16(11-21)17(10-19(18)26-2)22-20(24)13-23-8-7-14-5-3-4-6-15(14)12-23/h3-6,9-10H,7-8,12-13H2,1-2H3,(H,22,24). The van der Waals surface area contributed by atoms with E-state index in [1.54, 1.807) is 12.1 Å². The summed E-state index contributed by atoms with van der Waals surface area (Å²) in [5, 5.41) is 12.2. The zero-order chi connectivity index (χ0) is 18.5. The summed E-state index contributed by atoms with van der Waals surface area (Å²) >= 11 is 0. The third kappa shape index (κ3) is 3.79. The molecule has 0 saturated carbocycles. The molecule has 0 spiro atoms. The number of nitrogens with zero attached hydrogens (tertiary/aromatic N) is 2.